The lowest BCUT2D eigenvalue weighted by Gasteiger charge is -2.42. The first-order chi connectivity index (χ1) is 16.1. The van der Waals surface area contributed by atoms with Gasteiger partial charge in [-0.05, 0) is 79.6 Å². The average Bonchev–Trinajstić information content (AvgIpc) is 2.76. The molecule has 3 atom stereocenters. The van der Waals surface area contributed by atoms with Crippen LogP contribution in [0.1, 0.15) is 66.6 Å². The number of carbonyl (C=O) groups is 1. The van der Waals surface area contributed by atoms with Crippen LogP contribution in [0.2, 0.25) is 0 Å². The van der Waals surface area contributed by atoms with E-state index in [2.05, 4.69) is 0 Å². The summed E-state index contributed by atoms with van der Waals surface area (Å²) >= 11 is 0. The number of hydrogen-bond donors (Lipinski definition) is 0. The van der Waals surface area contributed by atoms with Crippen molar-refractivity contribution >= 4 is 6.03 Å². The average molecular weight is 504 g/mol. The summed E-state index contributed by atoms with van der Waals surface area (Å²) in [6.07, 6.45) is -8.67. The third-order valence-corrected chi connectivity index (χ3v) is 6.68. The van der Waals surface area contributed by atoms with Gasteiger partial charge < -0.3 is 9.80 Å². The number of halogens is 7. The van der Waals surface area contributed by atoms with E-state index < -0.39 is 47.4 Å². The normalized spacial score (nSPS) is 20.0. The van der Waals surface area contributed by atoms with Crippen molar-refractivity contribution in [3.05, 3.63) is 70.0 Å². The predicted molar refractivity (Wildman–Crippen MR) is 117 cm³/mol. The maximum atomic E-state index is 13.7. The summed E-state index contributed by atoms with van der Waals surface area (Å²) in [6, 6.07) is 3.64. The number of carbonyl (C=O) groups excluding carboxylic acids is 1. The highest BCUT2D eigenvalue weighted by Crippen LogP contribution is 2.40. The number of likely N-dealkylation sites (tertiary alicyclic amines) is 1. The maximum Gasteiger partial charge on any atom is 0.416 e. The van der Waals surface area contributed by atoms with Crippen molar-refractivity contribution in [3.8, 4) is 0 Å². The van der Waals surface area contributed by atoms with Crippen LogP contribution in [0.5, 0.6) is 0 Å². The van der Waals surface area contributed by atoms with Gasteiger partial charge >= 0.3 is 18.4 Å². The largest absolute Gasteiger partial charge is 0.416 e. The Kier molecular flexibility index (Phi) is 7.43. The molecular formula is C25H27F7N2O. The summed E-state index contributed by atoms with van der Waals surface area (Å²) in [5.74, 6) is -0.141. The molecule has 1 aliphatic rings. The first-order valence-electron chi connectivity index (χ1n) is 11.2. The minimum atomic E-state index is -4.98. The van der Waals surface area contributed by atoms with Gasteiger partial charge in [0.15, 0.2) is 0 Å². The fraction of sp³-hybridized carbons (Fsp3) is 0.480. The van der Waals surface area contributed by atoms with Crippen LogP contribution >= 0.6 is 0 Å². The van der Waals surface area contributed by atoms with Gasteiger partial charge in [-0.3, -0.25) is 0 Å². The zero-order chi connectivity index (χ0) is 26.3. The van der Waals surface area contributed by atoms with E-state index in [1.165, 1.54) is 26.1 Å². The molecule has 1 aliphatic heterocycles. The molecule has 192 valence electrons. The first-order valence-corrected chi connectivity index (χ1v) is 11.2. The number of piperidine rings is 1. The van der Waals surface area contributed by atoms with E-state index in [0.717, 1.165) is 10.5 Å². The number of benzene rings is 2. The molecule has 2 amide bonds. The van der Waals surface area contributed by atoms with E-state index in [1.807, 2.05) is 6.92 Å². The van der Waals surface area contributed by atoms with Gasteiger partial charge in [0.05, 0.1) is 23.2 Å². The van der Waals surface area contributed by atoms with Crippen molar-refractivity contribution in [1.82, 2.24) is 9.80 Å². The van der Waals surface area contributed by atoms with Crippen molar-refractivity contribution in [2.24, 2.45) is 5.92 Å². The first kappa shape index (κ1) is 26.8. The number of aryl methyl sites for hydroxylation is 1. The number of amides is 2. The van der Waals surface area contributed by atoms with E-state index in [0.29, 0.717) is 37.1 Å². The molecule has 0 saturated carbocycles. The van der Waals surface area contributed by atoms with Crippen LogP contribution in [-0.4, -0.2) is 29.4 Å². The molecule has 0 unspecified atom stereocenters. The van der Waals surface area contributed by atoms with Crippen LogP contribution in [0, 0.1) is 18.7 Å². The van der Waals surface area contributed by atoms with Crippen molar-refractivity contribution in [1.29, 1.82) is 0 Å². The molecule has 0 radical (unpaired) electrons. The Morgan fingerprint density at radius 1 is 1.03 bits per heavy atom. The minimum absolute atomic E-state index is 0.0669. The molecule has 1 heterocycles. The highest BCUT2D eigenvalue weighted by atomic mass is 19.4. The zero-order valence-electron chi connectivity index (χ0n) is 19.8. The minimum Gasteiger partial charge on any atom is -0.321 e. The molecule has 3 nitrogen and oxygen atoms in total. The van der Waals surface area contributed by atoms with Crippen molar-refractivity contribution in [3.63, 3.8) is 0 Å². The lowest BCUT2D eigenvalue weighted by molar-refractivity contribution is -0.143. The molecule has 10 heteroatoms. The summed E-state index contributed by atoms with van der Waals surface area (Å²) in [7, 11) is 1.35. The van der Waals surface area contributed by atoms with Gasteiger partial charge in [0.2, 0.25) is 0 Å². The molecule has 2 aromatic rings. The van der Waals surface area contributed by atoms with Gasteiger partial charge in [0.25, 0.3) is 0 Å². The Hall–Kier alpha value is -2.78. The fourth-order valence-electron chi connectivity index (χ4n) is 4.49. The molecule has 1 saturated heterocycles. The Balaban J connectivity index is 1.95. The maximum absolute atomic E-state index is 13.7. The monoisotopic (exact) mass is 504 g/mol. The number of nitrogens with zero attached hydrogens (tertiary/aromatic N) is 2. The highest BCUT2D eigenvalue weighted by molar-refractivity contribution is 5.75. The highest BCUT2D eigenvalue weighted by Gasteiger charge is 2.39. The Labute approximate surface area is 199 Å². The third-order valence-electron chi connectivity index (χ3n) is 6.68. The second kappa shape index (κ2) is 9.70. The molecule has 35 heavy (non-hydrogen) atoms. The molecular weight excluding hydrogens is 477 g/mol. The van der Waals surface area contributed by atoms with Crippen molar-refractivity contribution < 1.29 is 35.5 Å². The van der Waals surface area contributed by atoms with Crippen molar-refractivity contribution in [2.45, 2.75) is 58.0 Å². The summed E-state index contributed by atoms with van der Waals surface area (Å²) in [4.78, 5) is 16.2. The van der Waals surface area contributed by atoms with E-state index >= 15 is 0 Å². The standard InChI is InChI=1S/C25H27F7N2O/c1-14-7-8-34(22(9-14)21-6-5-20(26)10-15(21)2)23(35)33(4)16(3)17-11-18(24(27,28)29)13-19(12-17)25(30,31)32/h5-6,10-14,16,22H,7-9H2,1-4H3/t14-,16+,22+/m0/s1. The molecule has 3 rings (SSSR count). The third kappa shape index (κ3) is 5.90. The summed E-state index contributed by atoms with van der Waals surface area (Å²) in [5, 5.41) is 0. The van der Waals surface area contributed by atoms with E-state index in [9.17, 15) is 35.5 Å². The second-order valence-electron chi connectivity index (χ2n) is 9.25. The molecule has 0 aliphatic carbocycles. The Bertz CT molecular complexity index is 1050. The summed E-state index contributed by atoms with van der Waals surface area (Å²) in [5.41, 5.74) is -1.72. The molecule has 0 aromatic heterocycles. The molecule has 0 spiro atoms. The van der Waals surface area contributed by atoms with Gasteiger partial charge in [-0.2, -0.15) is 26.3 Å². The van der Waals surface area contributed by atoms with Gasteiger partial charge in [-0.15, -0.1) is 0 Å². The lowest BCUT2D eigenvalue weighted by Crippen LogP contribution is -2.47. The quantitative estimate of drug-likeness (QED) is 0.392. The van der Waals surface area contributed by atoms with Crippen LogP contribution in [0.4, 0.5) is 35.5 Å². The molecule has 1 fully saturated rings. The van der Waals surface area contributed by atoms with Crippen LogP contribution in [-0.2, 0) is 12.4 Å². The summed E-state index contributed by atoms with van der Waals surface area (Å²) < 4.78 is 93.5. The Morgan fingerprint density at radius 3 is 2.11 bits per heavy atom. The SMILES string of the molecule is Cc1cc(F)ccc1[C@H]1C[C@@H](C)CCN1C(=O)N(C)[C@H](C)c1cc(C(F)(F)F)cc(C(F)(F)F)c1. The topological polar surface area (TPSA) is 23.6 Å². The number of hydrogen-bond acceptors (Lipinski definition) is 1. The summed E-state index contributed by atoms with van der Waals surface area (Å²) in [6.45, 7) is 5.50. The van der Waals surface area contributed by atoms with Crippen LogP contribution in [0.3, 0.4) is 0 Å². The van der Waals surface area contributed by atoms with Crippen LogP contribution < -0.4 is 0 Å². The number of rotatable bonds is 3. The van der Waals surface area contributed by atoms with Crippen LogP contribution in [0.25, 0.3) is 0 Å². The fourth-order valence-corrected chi connectivity index (χ4v) is 4.49. The lowest BCUT2D eigenvalue weighted by atomic mass is 9.86. The number of alkyl halides is 6. The van der Waals surface area contributed by atoms with E-state index in [4.69, 9.17) is 0 Å². The van der Waals surface area contributed by atoms with Gasteiger partial charge in [0.1, 0.15) is 5.82 Å². The van der Waals surface area contributed by atoms with Crippen molar-refractivity contribution in [2.75, 3.05) is 13.6 Å². The molecule has 2 aromatic carbocycles. The smallest absolute Gasteiger partial charge is 0.321 e. The van der Waals surface area contributed by atoms with Gasteiger partial charge in [-0.1, -0.05) is 13.0 Å². The molecule has 0 bridgehead atoms. The van der Waals surface area contributed by atoms with E-state index in [1.54, 1.807) is 17.9 Å². The number of urea groups is 1. The van der Waals surface area contributed by atoms with Gasteiger partial charge in [-0.25, -0.2) is 9.18 Å². The molecule has 0 N–H and O–H groups in total. The van der Waals surface area contributed by atoms with E-state index in [-0.39, 0.29) is 17.5 Å². The van der Waals surface area contributed by atoms with Crippen LogP contribution in [0.15, 0.2) is 36.4 Å². The second-order valence-corrected chi connectivity index (χ2v) is 9.25. The zero-order valence-corrected chi connectivity index (χ0v) is 19.8. The predicted octanol–water partition coefficient (Wildman–Crippen LogP) is 7.76. The van der Waals surface area contributed by atoms with Gasteiger partial charge in [0, 0.05) is 13.6 Å². The Morgan fingerprint density at radius 2 is 1.60 bits per heavy atom.